The van der Waals surface area contributed by atoms with Gasteiger partial charge in [0, 0.05) is 12.4 Å². The molecule has 0 N–H and O–H groups in total. The molecular formula is C12H9F3N2OS. The number of alkyl halides is 3. The Labute approximate surface area is 111 Å². The normalized spacial score (nSPS) is 11.6. The first-order valence-electron chi connectivity index (χ1n) is 5.45. The SMILES string of the molecule is CCc1cccnc1C(=O)c1cnc(C(F)(F)F)s1. The van der Waals surface area contributed by atoms with E-state index in [9.17, 15) is 18.0 Å². The van der Waals surface area contributed by atoms with Crippen LogP contribution in [0, 0.1) is 0 Å². The summed E-state index contributed by atoms with van der Waals surface area (Å²) in [6, 6.07) is 3.41. The van der Waals surface area contributed by atoms with E-state index in [0.717, 1.165) is 6.20 Å². The number of hydrogen-bond donors (Lipinski definition) is 0. The lowest BCUT2D eigenvalue weighted by atomic mass is 10.1. The Hall–Kier alpha value is -1.76. The van der Waals surface area contributed by atoms with Crippen molar-refractivity contribution in [2.24, 2.45) is 0 Å². The van der Waals surface area contributed by atoms with Gasteiger partial charge in [-0.2, -0.15) is 13.2 Å². The van der Waals surface area contributed by atoms with Crippen LogP contribution in [-0.2, 0) is 12.6 Å². The number of ketones is 1. The van der Waals surface area contributed by atoms with Crippen molar-refractivity contribution in [3.05, 3.63) is 45.7 Å². The Balaban J connectivity index is 2.37. The molecule has 0 bridgehead atoms. The van der Waals surface area contributed by atoms with Gasteiger partial charge in [-0.3, -0.25) is 9.78 Å². The quantitative estimate of drug-likeness (QED) is 0.813. The van der Waals surface area contributed by atoms with Gasteiger partial charge in [0.2, 0.25) is 5.78 Å². The van der Waals surface area contributed by atoms with Crippen LogP contribution in [0.5, 0.6) is 0 Å². The summed E-state index contributed by atoms with van der Waals surface area (Å²) in [6.45, 7) is 1.85. The van der Waals surface area contributed by atoms with Crippen LogP contribution in [0.1, 0.15) is 32.9 Å². The molecule has 2 aromatic heterocycles. The predicted molar refractivity (Wildman–Crippen MR) is 64.2 cm³/mol. The zero-order valence-corrected chi connectivity index (χ0v) is 10.7. The van der Waals surface area contributed by atoms with Crippen LogP contribution in [0.25, 0.3) is 0 Å². The number of thiazole rings is 1. The number of aromatic nitrogens is 2. The molecule has 0 fully saturated rings. The van der Waals surface area contributed by atoms with E-state index in [2.05, 4.69) is 9.97 Å². The fraction of sp³-hybridized carbons (Fsp3) is 0.250. The Morgan fingerprint density at radius 2 is 2.11 bits per heavy atom. The molecule has 0 atom stereocenters. The fourth-order valence-corrected chi connectivity index (χ4v) is 2.28. The molecule has 0 aliphatic heterocycles. The number of carbonyl (C=O) groups is 1. The lowest BCUT2D eigenvalue weighted by molar-refractivity contribution is -0.137. The van der Waals surface area contributed by atoms with Gasteiger partial charge >= 0.3 is 6.18 Å². The second-order valence-electron chi connectivity index (χ2n) is 3.72. The minimum Gasteiger partial charge on any atom is -0.286 e. The molecule has 0 aliphatic carbocycles. The molecule has 7 heteroatoms. The van der Waals surface area contributed by atoms with Crippen LogP contribution >= 0.6 is 11.3 Å². The number of hydrogen-bond acceptors (Lipinski definition) is 4. The van der Waals surface area contributed by atoms with Gasteiger partial charge in [-0.05, 0) is 18.1 Å². The average Bonchev–Trinajstić information content (AvgIpc) is 2.87. The van der Waals surface area contributed by atoms with E-state index in [1.165, 1.54) is 6.20 Å². The van der Waals surface area contributed by atoms with E-state index in [-0.39, 0.29) is 10.6 Å². The molecule has 0 saturated carbocycles. The highest BCUT2D eigenvalue weighted by atomic mass is 32.1. The fourth-order valence-electron chi connectivity index (χ4n) is 1.56. The maximum absolute atomic E-state index is 12.4. The van der Waals surface area contributed by atoms with E-state index >= 15 is 0 Å². The van der Waals surface area contributed by atoms with Crippen molar-refractivity contribution in [1.29, 1.82) is 0 Å². The number of pyridine rings is 1. The highest BCUT2D eigenvalue weighted by molar-refractivity contribution is 7.13. The second kappa shape index (κ2) is 5.08. The van der Waals surface area contributed by atoms with Crippen molar-refractivity contribution in [3.63, 3.8) is 0 Å². The van der Waals surface area contributed by atoms with Crippen molar-refractivity contribution >= 4 is 17.1 Å². The van der Waals surface area contributed by atoms with Crippen LogP contribution in [0.2, 0.25) is 0 Å². The molecule has 3 nitrogen and oxygen atoms in total. The molecule has 0 spiro atoms. The lowest BCUT2D eigenvalue weighted by Crippen LogP contribution is -2.06. The van der Waals surface area contributed by atoms with E-state index in [0.29, 0.717) is 23.3 Å². The number of aryl methyl sites for hydroxylation is 1. The number of nitrogens with zero attached hydrogens (tertiary/aromatic N) is 2. The predicted octanol–water partition coefficient (Wildman–Crippen LogP) is 3.35. The van der Waals surface area contributed by atoms with Gasteiger partial charge in [-0.15, -0.1) is 11.3 Å². The monoisotopic (exact) mass is 286 g/mol. The van der Waals surface area contributed by atoms with E-state index in [1.54, 1.807) is 12.1 Å². The Kier molecular flexibility index (Phi) is 3.66. The summed E-state index contributed by atoms with van der Waals surface area (Å²) in [5.41, 5.74) is 0.886. The second-order valence-corrected chi connectivity index (χ2v) is 4.75. The molecule has 2 heterocycles. The average molecular weight is 286 g/mol. The molecule has 2 aromatic rings. The minimum atomic E-state index is -4.53. The summed E-state index contributed by atoms with van der Waals surface area (Å²) >= 11 is 0.336. The largest absolute Gasteiger partial charge is 0.443 e. The van der Waals surface area contributed by atoms with Gasteiger partial charge in [-0.1, -0.05) is 13.0 Å². The smallest absolute Gasteiger partial charge is 0.286 e. The van der Waals surface area contributed by atoms with E-state index < -0.39 is 17.0 Å². The first kappa shape index (κ1) is 13.7. The van der Waals surface area contributed by atoms with E-state index in [1.807, 2.05) is 6.92 Å². The molecule has 0 unspecified atom stereocenters. The molecule has 2 rings (SSSR count). The topological polar surface area (TPSA) is 42.9 Å². The summed E-state index contributed by atoms with van der Waals surface area (Å²) in [5, 5.41) is -1.02. The summed E-state index contributed by atoms with van der Waals surface area (Å²) < 4.78 is 37.3. The third kappa shape index (κ3) is 2.81. The number of carbonyl (C=O) groups excluding carboxylic acids is 1. The van der Waals surface area contributed by atoms with Crippen LogP contribution in [-0.4, -0.2) is 15.8 Å². The highest BCUT2D eigenvalue weighted by Crippen LogP contribution is 2.33. The molecule has 0 aromatic carbocycles. The molecule has 0 saturated heterocycles. The first-order valence-corrected chi connectivity index (χ1v) is 6.26. The van der Waals surface area contributed by atoms with Crippen LogP contribution < -0.4 is 0 Å². The van der Waals surface area contributed by atoms with Crippen LogP contribution in [0.15, 0.2) is 24.5 Å². The van der Waals surface area contributed by atoms with E-state index in [4.69, 9.17) is 0 Å². The van der Waals surface area contributed by atoms with Gasteiger partial charge in [0.15, 0.2) is 5.01 Å². The van der Waals surface area contributed by atoms with Crippen molar-refractivity contribution in [1.82, 2.24) is 9.97 Å². The molecule has 0 aliphatic rings. The molecular weight excluding hydrogens is 277 g/mol. The Bertz CT molecular complexity index is 607. The van der Waals surface area contributed by atoms with Crippen LogP contribution in [0.4, 0.5) is 13.2 Å². The lowest BCUT2D eigenvalue weighted by Gasteiger charge is -2.03. The molecule has 0 radical (unpaired) electrons. The van der Waals surface area contributed by atoms with Crippen LogP contribution in [0.3, 0.4) is 0 Å². The summed E-state index contributed by atoms with van der Waals surface area (Å²) in [7, 11) is 0. The van der Waals surface area contributed by atoms with Gasteiger partial charge < -0.3 is 0 Å². The Morgan fingerprint density at radius 1 is 1.37 bits per heavy atom. The van der Waals surface area contributed by atoms with Crippen molar-refractivity contribution < 1.29 is 18.0 Å². The maximum Gasteiger partial charge on any atom is 0.443 e. The summed E-state index contributed by atoms with van der Waals surface area (Å²) in [4.78, 5) is 19.2. The minimum absolute atomic E-state index is 0.0549. The Morgan fingerprint density at radius 3 is 2.68 bits per heavy atom. The van der Waals surface area contributed by atoms with Gasteiger partial charge in [0.1, 0.15) is 5.69 Å². The third-order valence-electron chi connectivity index (χ3n) is 2.46. The summed E-state index contributed by atoms with van der Waals surface area (Å²) in [5.74, 6) is -0.523. The zero-order chi connectivity index (χ0) is 14.0. The third-order valence-corrected chi connectivity index (χ3v) is 3.50. The van der Waals surface area contributed by atoms with Crippen molar-refractivity contribution in [2.45, 2.75) is 19.5 Å². The first-order chi connectivity index (χ1) is 8.93. The highest BCUT2D eigenvalue weighted by Gasteiger charge is 2.35. The van der Waals surface area contributed by atoms with Gasteiger partial charge in [0.05, 0.1) is 4.88 Å². The van der Waals surface area contributed by atoms with Crippen molar-refractivity contribution in [2.75, 3.05) is 0 Å². The number of halogens is 3. The molecule has 19 heavy (non-hydrogen) atoms. The van der Waals surface area contributed by atoms with Gasteiger partial charge in [0.25, 0.3) is 0 Å². The van der Waals surface area contributed by atoms with Gasteiger partial charge in [-0.25, -0.2) is 4.98 Å². The molecule has 100 valence electrons. The van der Waals surface area contributed by atoms with Crippen molar-refractivity contribution in [3.8, 4) is 0 Å². The standard InChI is InChI=1S/C12H9F3N2OS/c1-2-7-4-3-5-16-9(7)10(18)8-6-17-11(19-8)12(13,14)15/h3-6H,2H2,1H3. The number of rotatable bonds is 3. The maximum atomic E-state index is 12.4. The zero-order valence-electron chi connectivity index (χ0n) is 9.86. The molecule has 0 amide bonds. The summed E-state index contributed by atoms with van der Waals surface area (Å²) in [6.07, 6.45) is -1.55.